The summed E-state index contributed by atoms with van der Waals surface area (Å²) in [5.74, 6) is 1.73. The molecule has 0 aliphatic rings. The van der Waals surface area contributed by atoms with Crippen molar-refractivity contribution in [2.24, 2.45) is 0 Å². The van der Waals surface area contributed by atoms with E-state index in [0.717, 1.165) is 37.4 Å². The van der Waals surface area contributed by atoms with Gasteiger partial charge in [0, 0.05) is 6.07 Å². The second-order valence-corrected chi connectivity index (χ2v) is 4.43. The SMILES string of the molecule is CCCCNCCCc1cc(OC)cc(OC)c1. The molecule has 1 rings (SSSR count). The average molecular weight is 251 g/mol. The third kappa shape index (κ3) is 5.41. The van der Waals surface area contributed by atoms with Crippen LogP contribution in [0.4, 0.5) is 0 Å². The lowest BCUT2D eigenvalue weighted by Gasteiger charge is -2.09. The summed E-state index contributed by atoms with van der Waals surface area (Å²) in [5.41, 5.74) is 1.27. The maximum Gasteiger partial charge on any atom is 0.122 e. The third-order valence-corrected chi connectivity index (χ3v) is 2.94. The molecular weight excluding hydrogens is 226 g/mol. The van der Waals surface area contributed by atoms with Crippen LogP contribution in [-0.4, -0.2) is 27.3 Å². The van der Waals surface area contributed by atoms with E-state index >= 15 is 0 Å². The van der Waals surface area contributed by atoms with Gasteiger partial charge in [0.25, 0.3) is 0 Å². The van der Waals surface area contributed by atoms with Gasteiger partial charge >= 0.3 is 0 Å². The Bertz CT molecular complexity index is 317. The largest absolute Gasteiger partial charge is 0.497 e. The number of nitrogens with one attached hydrogen (secondary N) is 1. The van der Waals surface area contributed by atoms with Crippen molar-refractivity contribution in [1.29, 1.82) is 0 Å². The lowest BCUT2D eigenvalue weighted by atomic mass is 10.1. The van der Waals surface area contributed by atoms with Crippen molar-refractivity contribution in [2.75, 3.05) is 27.3 Å². The summed E-state index contributed by atoms with van der Waals surface area (Å²) in [6.45, 7) is 4.40. The van der Waals surface area contributed by atoms with E-state index in [2.05, 4.69) is 24.4 Å². The highest BCUT2D eigenvalue weighted by Gasteiger charge is 2.01. The van der Waals surface area contributed by atoms with Crippen LogP contribution >= 0.6 is 0 Å². The van der Waals surface area contributed by atoms with Gasteiger partial charge in [-0.05, 0) is 50.0 Å². The van der Waals surface area contributed by atoms with Crippen LogP contribution in [-0.2, 0) is 6.42 Å². The molecular formula is C15H25NO2. The van der Waals surface area contributed by atoms with Gasteiger partial charge in [0.15, 0.2) is 0 Å². The molecule has 1 N–H and O–H groups in total. The number of unbranched alkanes of at least 4 members (excludes halogenated alkanes) is 1. The molecule has 0 aromatic heterocycles. The normalized spacial score (nSPS) is 10.4. The van der Waals surface area contributed by atoms with E-state index in [-0.39, 0.29) is 0 Å². The highest BCUT2D eigenvalue weighted by molar-refractivity contribution is 5.38. The zero-order valence-electron chi connectivity index (χ0n) is 11.8. The Labute approximate surface area is 110 Å². The summed E-state index contributed by atoms with van der Waals surface area (Å²) >= 11 is 0. The number of ether oxygens (including phenoxy) is 2. The Morgan fingerprint density at radius 3 is 2.11 bits per heavy atom. The smallest absolute Gasteiger partial charge is 0.122 e. The second kappa shape index (κ2) is 8.81. The first kappa shape index (κ1) is 14.8. The number of methoxy groups -OCH3 is 2. The monoisotopic (exact) mass is 251 g/mol. The fourth-order valence-corrected chi connectivity index (χ4v) is 1.85. The molecule has 18 heavy (non-hydrogen) atoms. The van der Waals surface area contributed by atoms with Gasteiger partial charge in [-0.15, -0.1) is 0 Å². The Balaban J connectivity index is 2.36. The molecule has 0 unspecified atom stereocenters. The van der Waals surface area contributed by atoms with E-state index in [1.165, 1.54) is 18.4 Å². The van der Waals surface area contributed by atoms with E-state index in [9.17, 15) is 0 Å². The van der Waals surface area contributed by atoms with Crippen LogP contribution in [0.1, 0.15) is 31.7 Å². The predicted molar refractivity (Wildman–Crippen MR) is 75.6 cm³/mol. The van der Waals surface area contributed by atoms with Crippen molar-refractivity contribution >= 4 is 0 Å². The van der Waals surface area contributed by atoms with E-state index in [4.69, 9.17) is 9.47 Å². The first-order valence-electron chi connectivity index (χ1n) is 6.72. The number of hydrogen-bond acceptors (Lipinski definition) is 3. The van der Waals surface area contributed by atoms with Crippen molar-refractivity contribution in [3.05, 3.63) is 23.8 Å². The molecule has 0 atom stereocenters. The van der Waals surface area contributed by atoms with Gasteiger partial charge in [-0.3, -0.25) is 0 Å². The summed E-state index contributed by atoms with van der Waals surface area (Å²) in [4.78, 5) is 0. The molecule has 0 bridgehead atoms. The number of aryl methyl sites for hydroxylation is 1. The van der Waals surface area contributed by atoms with Crippen molar-refractivity contribution in [2.45, 2.75) is 32.6 Å². The molecule has 1 aromatic rings. The van der Waals surface area contributed by atoms with Gasteiger partial charge in [0.05, 0.1) is 14.2 Å². The predicted octanol–water partition coefficient (Wildman–Crippen LogP) is 3.03. The van der Waals surface area contributed by atoms with Gasteiger partial charge in [0.2, 0.25) is 0 Å². The minimum Gasteiger partial charge on any atom is -0.497 e. The van der Waals surface area contributed by atoms with Crippen LogP contribution in [0.5, 0.6) is 11.5 Å². The highest BCUT2D eigenvalue weighted by atomic mass is 16.5. The Morgan fingerprint density at radius 1 is 0.944 bits per heavy atom. The highest BCUT2D eigenvalue weighted by Crippen LogP contribution is 2.23. The van der Waals surface area contributed by atoms with E-state index < -0.39 is 0 Å². The van der Waals surface area contributed by atoms with Gasteiger partial charge in [-0.25, -0.2) is 0 Å². The number of hydrogen-bond donors (Lipinski definition) is 1. The van der Waals surface area contributed by atoms with Gasteiger partial charge in [0.1, 0.15) is 11.5 Å². The summed E-state index contributed by atoms with van der Waals surface area (Å²) < 4.78 is 10.5. The van der Waals surface area contributed by atoms with Crippen LogP contribution < -0.4 is 14.8 Å². The molecule has 102 valence electrons. The molecule has 3 nitrogen and oxygen atoms in total. The van der Waals surface area contributed by atoms with Crippen LogP contribution in [0, 0.1) is 0 Å². The van der Waals surface area contributed by atoms with E-state index in [1.54, 1.807) is 14.2 Å². The van der Waals surface area contributed by atoms with E-state index in [0.29, 0.717) is 0 Å². The fraction of sp³-hybridized carbons (Fsp3) is 0.600. The molecule has 0 amide bonds. The molecule has 0 aliphatic carbocycles. The maximum atomic E-state index is 5.26. The van der Waals surface area contributed by atoms with Crippen molar-refractivity contribution in [3.8, 4) is 11.5 Å². The molecule has 0 radical (unpaired) electrons. The number of benzene rings is 1. The van der Waals surface area contributed by atoms with Crippen LogP contribution in [0.25, 0.3) is 0 Å². The minimum absolute atomic E-state index is 0.864. The summed E-state index contributed by atoms with van der Waals surface area (Å²) in [6.07, 6.45) is 4.69. The molecule has 3 heteroatoms. The summed E-state index contributed by atoms with van der Waals surface area (Å²) in [6, 6.07) is 6.06. The van der Waals surface area contributed by atoms with Crippen molar-refractivity contribution in [1.82, 2.24) is 5.32 Å². The first-order valence-corrected chi connectivity index (χ1v) is 6.72. The fourth-order valence-electron chi connectivity index (χ4n) is 1.85. The van der Waals surface area contributed by atoms with Gasteiger partial charge < -0.3 is 14.8 Å². The summed E-state index contributed by atoms with van der Waals surface area (Å²) in [5, 5.41) is 3.45. The molecule has 0 saturated carbocycles. The Hall–Kier alpha value is -1.22. The standard InChI is InChI=1S/C15H25NO2/c1-4-5-8-16-9-6-7-13-10-14(17-2)12-15(11-13)18-3/h10-12,16H,4-9H2,1-3H3. The van der Waals surface area contributed by atoms with Gasteiger partial charge in [-0.2, -0.15) is 0 Å². The molecule has 0 fully saturated rings. The topological polar surface area (TPSA) is 30.5 Å². The van der Waals surface area contributed by atoms with Crippen molar-refractivity contribution < 1.29 is 9.47 Å². The summed E-state index contributed by atoms with van der Waals surface area (Å²) in [7, 11) is 3.37. The third-order valence-electron chi connectivity index (χ3n) is 2.94. The van der Waals surface area contributed by atoms with Crippen molar-refractivity contribution in [3.63, 3.8) is 0 Å². The average Bonchev–Trinajstić information content (AvgIpc) is 2.42. The van der Waals surface area contributed by atoms with E-state index in [1.807, 2.05) is 6.07 Å². The number of rotatable bonds is 9. The second-order valence-electron chi connectivity index (χ2n) is 4.43. The van der Waals surface area contributed by atoms with Gasteiger partial charge in [-0.1, -0.05) is 13.3 Å². The lowest BCUT2D eigenvalue weighted by molar-refractivity contribution is 0.393. The molecule has 0 aliphatic heterocycles. The molecule has 0 spiro atoms. The maximum absolute atomic E-state index is 5.26. The van der Waals surface area contributed by atoms with Crippen LogP contribution in [0.2, 0.25) is 0 Å². The zero-order valence-corrected chi connectivity index (χ0v) is 11.8. The zero-order chi connectivity index (χ0) is 13.2. The molecule has 0 heterocycles. The minimum atomic E-state index is 0.864. The quantitative estimate of drug-likeness (QED) is 0.684. The lowest BCUT2D eigenvalue weighted by Crippen LogP contribution is -2.16. The Morgan fingerprint density at radius 2 is 1.56 bits per heavy atom. The first-order chi connectivity index (χ1) is 8.80. The van der Waals surface area contributed by atoms with Crippen LogP contribution in [0.3, 0.4) is 0 Å². The molecule has 0 saturated heterocycles. The molecule has 1 aromatic carbocycles. The van der Waals surface area contributed by atoms with Crippen LogP contribution in [0.15, 0.2) is 18.2 Å². The Kier molecular flexibility index (Phi) is 7.26.